The van der Waals surface area contributed by atoms with Gasteiger partial charge in [0.15, 0.2) is 0 Å². The zero-order chi connectivity index (χ0) is 14.7. The standard InChI is InChI=1S/C17H24N2OS/c18-16(21)14-10-13-8-4-5-9-15(13)19-17(14)20-11-12-6-2-1-3-7-12/h10,12H,1-9,11H2,(H2,18,21). The van der Waals surface area contributed by atoms with E-state index in [-0.39, 0.29) is 0 Å². The third-order valence-corrected chi connectivity index (χ3v) is 4.93. The predicted octanol–water partition coefficient (Wildman–Crippen LogP) is 3.55. The Bertz CT molecular complexity index is 524. The topological polar surface area (TPSA) is 48.1 Å². The summed E-state index contributed by atoms with van der Waals surface area (Å²) in [6, 6.07) is 2.11. The van der Waals surface area contributed by atoms with E-state index in [4.69, 9.17) is 27.7 Å². The Balaban J connectivity index is 1.77. The van der Waals surface area contributed by atoms with Gasteiger partial charge in [0.25, 0.3) is 0 Å². The molecule has 0 atom stereocenters. The molecule has 1 aromatic rings. The van der Waals surface area contributed by atoms with Crippen molar-refractivity contribution in [3.8, 4) is 5.88 Å². The summed E-state index contributed by atoms with van der Waals surface area (Å²) in [5.74, 6) is 1.32. The highest BCUT2D eigenvalue weighted by molar-refractivity contribution is 7.80. The lowest BCUT2D eigenvalue weighted by molar-refractivity contribution is 0.202. The van der Waals surface area contributed by atoms with E-state index in [0.717, 1.165) is 25.0 Å². The van der Waals surface area contributed by atoms with E-state index in [2.05, 4.69) is 6.07 Å². The molecular formula is C17H24N2OS. The van der Waals surface area contributed by atoms with Crippen LogP contribution in [0.15, 0.2) is 6.07 Å². The Morgan fingerprint density at radius 1 is 1.19 bits per heavy atom. The maximum atomic E-state index is 6.03. The van der Waals surface area contributed by atoms with Gasteiger partial charge in [0.1, 0.15) is 4.99 Å². The van der Waals surface area contributed by atoms with Crippen molar-refractivity contribution in [3.05, 3.63) is 22.9 Å². The quantitative estimate of drug-likeness (QED) is 0.864. The average Bonchev–Trinajstić information content (AvgIpc) is 2.53. The molecule has 0 bridgehead atoms. The van der Waals surface area contributed by atoms with Crippen LogP contribution in [0.4, 0.5) is 0 Å². The molecule has 2 aliphatic rings. The van der Waals surface area contributed by atoms with Crippen LogP contribution in [0.2, 0.25) is 0 Å². The summed E-state index contributed by atoms with van der Waals surface area (Å²) in [7, 11) is 0. The van der Waals surface area contributed by atoms with E-state index in [1.807, 2.05) is 0 Å². The van der Waals surface area contributed by atoms with Crippen LogP contribution in [0, 0.1) is 5.92 Å². The summed E-state index contributed by atoms with van der Waals surface area (Å²) in [5, 5.41) is 0. The SMILES string of the molecule is NC(=S)c1cc2c(nc1OCC1CCCCC1)CCCC2. The van der Waals surface area contributed by atoms with E-state index in [0.29, 0.717) is 16.8 Å². The number of ether oxygens (including phenoxy) is 1. The summed E-state index contributed by atoms with van der Waals surface area (Å²) >= 11 is 5.18. The molecule has 1 fully saturated rings. The predicted molar refractivity (Wildman–Crippen MR) is 88.8 cm³/mol. The van der Waals surface area contributed by atoms with Gasteiger partial charge in [0.2, 0.25) is 5.88 Å². The van der Waals surface area contributed by atoms with Crippen LogP contribution in [-0.4, -0.2) is 16.6 Å². The Morgan fingerprint density at radius 3 is 2.71 bits per heavy atom. The van der Waals surface area contributed by atoms with Crippen molar-refractivity contribution < 1.29 is 4.74 Å². The van der Waals surface area contributed by atoms with Crippen molar-refractivity contribution in [3.63, 3.8) is 0 Å². The van der Waals surface area contributed by atoms with Gasteiger partial charge in [-0.15, -0.1) is 0 Å². The third kappa shape index (κ3) is 3.54. The molecule has 2 N–H and O–H groups in total. The fourth-order valence-corrected chi connectivity index (χ4v) is 3.60. The summed E-state index contributed by atoms with van der Waals surface area (Å²) in [6.45, 7) is 0.751. The first-order valence-electron chi connectivity index (χ1n) is 8.19. The lowest BCUT2D eigenvalue weighted by atomic mass is 9.90. The molecule has 0 radical (unpaired) electrons. The molecule has 1 saturated carbocycles. The molecule has 114 valence electrons. The highest BCUT2D eigenvalue weighted by Gasteiger charge is 2.19. The number of pyridine rings is 1. The number of hydrogen-bond donors (Lipinski definition) is 1. The second-order valence-corrected chi connectivity index (χ2v) is 6.77. The molecule has 3 nitrogen and oxygen atoms in total. The molecule has 0 saturated heterocycles. The minimum Gasteiger partial charge on any atom is -0.477 e. The van der Waals surface area contributed by atoms with Crippen LogP contribution in [0.3, 0.4) is 0 Å². The Labute approximate surface area is 132 Å². The van der Waals surface area contributed by atoms with Crippen molar-refractivity contribution in [2.45, 2.75) is 57.8 Å². The number of nitrogens with two attached hydrogens (primary N) is 1. The molecule has 0 unspecified atom stereocenters. The first kappa shape index (κ1) is 14.8. The van der Waals surface area contributed by atoms with E-state index in [1.165, 1.54) is 56.2 Å². The first-order chi connectivity index (χ1) is 10.2. The van der Waals surface area contributed by atoms with Crippen molar-refractivity contribution in [1.29, 1.82) is 0 Å². The van der Waals surface area contributed by atoms with Gasteiger partial charge in [0, 0.05) is 5.69 Å². The molecule has 1 aromatic heterocycles. The van der Waals surface area contributed by atoms with E-state index in [9.17, 15) is 0 Å². The lowest BCUT2D eigenvalue weighted by Gasteiger charge is -2.23. The molecule has 4 heteroatoms. The Hall–Kier alpha value is -1.16. The minimum atomic E-state index is 0.398. The molecule has 0 amide bonds. The molecule has 1 heterocycles. The maximum absolute atomic E-state index is 6.03. The van der Waals surface area contributed by atoms with Gasteiger partial charge >= 0.3 is 0 Å². The maximum Gasteiger partial charge on any atom is 0.224 e. The van der Waals surface area contributed by atoms with Gasteiger partial charge in [0.05, 0.1) is 12.2 Å². The number of aromatic nitrogens is 1. The van der Waals surface area contributed by atoms with Gasteiger partial charge in [-0.05, 0) is 56.1 Å². The summed E-state index contributed by atoms with van der Waals surface area (Å²) in [6.07, 6.45) is 11.1. The van der Waals surface area contributed by atoms with Crippen molar-refractivity contribution in [1.82, 2.24) is 4.98 Å². The van der Waals surface area contributed by atoms with Crippen molar-refractivity contribution in [2.24, 2.45) is 11.7 Å². The van der Waals surface area contributed by atoms with Crippen LogP contribution in [-0.2, 0) is 12.8 Å². The molecule has 21 heavy (non-hydrogen) atoms. The minimum absolute atomic E-state index is 0.398. The van der Waals surface area contributed by atoms with Crippen molar-refractivity contribution in [2.75, 3.05) is 6.61 Å². The van der Waals surface area contributed by atoms with E-state index < -0.39 is 0 Å². The largest absolute Gasteiger partial charge is 0.477 e. The zero-order valence-electron chi connectivity index (χ0n) is 12.6. The average molecular weight is 304 g/mol. The molecule has 0 aromatic carbocycles. The number of thiocarbonyl (C=S) groups is 1. The van der Waals surface area contributed by atoms with Crippen LogP contribution in [0.1, 0.15) is 61.8 Å². The van der Waals surface area contributed by atoms with Gasteiger partial charge in [-0.2, -0.15) is 0 Å². The second kappa shape index (κ2) is 6.73. The first-order valence-corrected chi connectivity index (χ1v) is 8.60. The lowest BCUT2D eigenvalue weighted by Crippen LogP contribution is -2.20. The molecule has 0 aliphatic heterocycles. The number of aryl methyl sites for hydroxylation is 2. The molecule has 3 rings (SSSR count). The fourth-order valence-electron chi connectivity index (χ4n) is 3.45. The number of hydrogen-bond acceptors (Lipinski definition) is 3. The molecule has 0 spiro atoms. The number of rotatable bonds is 4. The number of nitrogens with zero attached hydrogens (tertiary/aromatic N) is 1. The zero-order valence-corrected chi connectivity index (χ0v) is 13.4. The highest BCUT2D eigenvalue weighted by atomic mass is 32.1. The summed E-state index contributed by atoms with van der Waals surface area (Å²) in [4.78, 5) is 5.13. The van der Waals surface area contributed by atoms with Crippen LogP contribution < -0.4 is 10.5 Å². The van der Waals surface area contributed by atoms with E-state index >= 15 is 0 Å². The van der Waals surface area contributed by atoms with Gasteiger partial charge in [-0.25, -0.2) is 4.98 Å². The van der Waals surface area contributed by atoms with Gasteiger partial charge < -0.3 is 10.5 Å². The van der Waals surface area contributed by atoms with Gasteiger partial charge in [-0.1, -0.05) is 31.5 Å². The Kier molecular flexibility index (Phi) is 4.73. The van der Waals surface area contributed by atoms with E-state index in [1.54, 1.807) is 0 Å². The van der Waals surface area contributed by atoms with Crippen LogP contribution >= 0.6 is 12.2 Å². The molecular weight excluding hydrogens is 280 g/mol. The number of fused-ring (bicyclic) bond motifs is 1. The van der Waals surface area contributed by atoms with Crippen molar-refractivity contribution >= 4 is 17.2 Å². The van der Waals surface area contributed by atoms with Crippen LogP contribution in [0.25, 0.3) is 0 Å². The summed E-state index contributed by atoms with van der Waals surface area (Å²) < 4.78 is 6.03. The molecule has 2 aliphatic carbocycles. The van der Waals surface area contributed by atoms with Crippen LogP contribution in [0.5, 0.6) is 5.88 Å². The monoisotopic (exact) mass is 304 g/mol. The fraction of sp³-hybridized carbons (Fsp3) is 0.647. The third-order valence-electron chi connectivity index (χ3n) is 4.71. The highest BCUT2D eigenvalue weighted by Crippen LogP contribution is 2.28. The van der Waals surface area contributed by atoms with Gasteiger partial charge in [-0.3, -0.25) is 0 Å². The Morgan fingerprint density at radius 2 is 1.95 bits per heavy atom. The second-order valence-electron chi connectivity index (χ2n) is 6.33. The normalized spacial score (nSPS) is 19.0. The smallest absolute Gasteiger partial charge is 0.224 e. The summed E-state index contributed by atoms with van der Waals surface area (Å²) in [5.41, 5.74) is 9.17.